The average molecular weight is 292 g/mol. The van der Waals surface area contributed by atoms with Gasteiger partial charge in [0.15, 0.2) is 0 Å². The molecule has 2 aromatic carbocycles. The maximum atomic E-state index is 12.1. The Bertz CT molecular complexity index is 783. The van der Waals surface area contributed by atoms with Crippen LogP contribution >= 0.6 is 0 Å². The van der Waals surface area contributed by atoms with Crippen molar-refractivity contribution in [3.63, 3.8) is 0 Å². The number of rotatable bonds is 5. The van der Waals surface area contributed by atoms with Gasteiger partial charge in [-0.2, -0.15) is 5.10 Å². The summed E-state index contributed by atoms with van der Waals surface area (Å²) in [6, 6.07) is 21.0. The molecular weight excluding hydrogens is 276 g/mol. The summed E-state index contributed by atoms with van der Waals surface area (Å²) in [5.41, 5.74) is 1.92. The van der Waals surface area contributed by atoms with Crippen molar-refractivity contribution in [2.45, 2.75) is 13.2 Å². The molecule has 1 aromatic heterocycles. The third-order valence-electron chi connectivity index (χ3n) is 3.27. The van der Waals surface area contributed by atoms with Gasteiger partial charge in [-0.1, -0.05) is 60.7 Å². The van der Waals surface area contributed by atoms with E-state index in [0.717, 1.165) is 11.1 Å². The molecule has 0 aliphatic carbocycles. The van der Waals surface area contributed by atoms with Crippen molar-refractivity contribution in [1.82, 2.24) is 9.78 Å². The molecule has 0 aliphatic rings. The van der Waals surface area contributed by atoms with Gasteiger partial charge in [-0.05, 0) is 11.1 Å². The van der Waals surface area contributed by atoms with Crippen LogP contribution in [0.1, 0.15) is 11.1 Å². The largest absolute Gasteiger partial charge is 0.487 e. The van der Waals surface area contributed by atoms with E-state index in [4.69, 9.17) is 4.74 Å². The van der Waals surface area contributed by atoms with Crippen LogP contribution in [0.2, 0.25) is 0 Å². The summed E-state index contributed by atoms with van der Waals surface area (Å²) in [6.07, 6.45) is 1.58. The minimum absolute atomic E-state index is 0.172. The van der Waals surface area contributed by atoms with E-state index in [2.05, 4.69) is 5.10 Å². The van der Waals surface area contributed by atoms with Crippen molar-refractivity contribution in [1.29, 1.82) is 0 Å². The molecule has 4 nitrogen and oxygen atoms in total. The van der Waals surface area contributed by atoms with Crippen molar-refractivity contribution in [3.05, 3.63) is 94.4 Å². The predicted molar refractivity (Wildman–Crippen MR) is 84.8 cm³/mol. The zero-order valence-corrected chi connectivity index (χ0v) is 12.1. The molecule has 3 aromatic rings. The smallest absolute Gasteiger partial charge is 0.270 e. The quantitative estimate of drug-likeness (QED) is 0.726. The third-order valence-corrected chi connectivity index (χ3v) is 3.27. The Morgan fingerprint density at radius 2 is 1.55 bits per heavy atom. The fourth-order valence-corrected chi connectivity index (χ4v) is 2.11. The lowest BCUT2D eigenvalue weighted by molar-refractivity contribution is 0.302. The second-order valence-electron chi connectivity index (χ2n) is 4.95. The van der Waals surface area contributed by atoms with Crippen LogP contribution < -0.4 is 10.3 Å². The van der Waals surface area contributed by atoms with Crippen molar-refractivity contribution < 1.29 is 4.74 Å². The summed E-state index contributed by atoms with van der Waals surface area (Å²) in [5, 5.41) is 4.16. The van der Waals surface area contributed by atoms with Gasteiger partial charge in [0.2, 0.25) is 0 Å². The molecule has 0 bridgehead atoms. The number of hydrogen-bond acceptors (Lipinski definition) is 3. The Balaban J connectivity index is 1.68. The van der Waals surface area contributed by atoms with Gasteiger partial charge in [-0.3, -0.25) is 4.79 Å². The monoisotopic (exact) mass is 292 g/mol. The van der Waals surface area contributed by atoms with Gasteiger partial charge < -0.3 is 4.74 Å². The minimum atomic E-state index is -0.172. The molecule has 0 spiro atoms. The van der Waals surface area contributed by atoms with E-state index in [1.165, 1.54) is 10.7 Å². The summed E-state index contributed by atoms with van der Waals surface area (Å²) in [6.45, 7) is 0.878. The first-order valence-corrected chi connectivity index (χ1v) is 7.09. The van der Waals surface area contributed by atoms with Crippen molar-refractivity contribution in [2.24, 2.45) is 0 Å². The first-order chi connectivity index (χ1) is 10.8. The van der Waals surface area contributed by atoms with E-state index in [9.17, 15) is 4.79 Å². The van der Waals surface area contributed by atoms with E-state index in [0.29, 0.717) is 18.9 Å². The molecule has 0 N–H and O–H groups in total. The zero-order chi connectivity index (χ0) is 15.2. The molecule has 0 fully saturated rings. The number of hydrogen-bond donors (Lipinski definition) is 0. The average Bonchev–Trinajstić information content (AvgIpc) is 2.57. The number of aromatic nitrogens is 2. The highest BCUT2D eigenvalue weighted by Crippen LogP contribution is 2.09. The highest BCUT2D eigenvalue weighted by molar-refractivity contribution is 5.19. The Morgan fingerprint density at radius 1 is 0.909 bits per heavy atom. The zero-order valence-electron chi connectivity index (χ0n) is 12.1. The second kappa shape index (κ2) is 6.72. The molecule has 0 saturated heterocycles. The highest BCUT2D eigenvalue weighted by Gasteiger charge is 2.02. The van der Waals surface area contributed by atoms with Crippen LogP contribution in [0.15, 0.2) is 77.7 Å². The fraction of sp³-hybridized carbons (Fsp3) is 0.111. The summed E-state index contributed by atoms with van der Waals surface area (Å²) < 4.78 is 7.02. The maximum absolute atomic E-state index is 12.1. The van der Waals surface area contributed by atoms with E-state index in [1.807, 2.05) is 60.7 Å². The molecule has 110 valence electrons. The van der Waals surface area contributed by atoms with E-state index in [-0.39, 0.29) is 5.56 Å². The topological polar surface area (TPSA) is 44.1 Å². The van der Waals surface area contributed by atoms with Crippen molar-refractivity contribution >= 4 is 0 Å². The molecule has 3 rings (SSSR count). The molecule has 0 amide bonds. The van der Waals surface area contributed by atoms with Gasteiger partial charge in [-0.25, -0.2) is 4.68 Å². The molecule has 22 heavy (non-hydrogen) atoms. The fourth-order valence-electron chi connectivity index (χ4n) is 2.11. The van der Waals surface area contributed by atoms with Crippen molar-refractivity contribution in [2.75, 3.05) is 0 Å². The van der Waals surface area contributed by atoms with E-state index >= 15 is 0 Å². The Hall–Kier alpha value is -2.88. The highest BCUT2D eigenvalue weighted by atomic mass is 16.5. The molecule has 0 atom stereocenters. The summed E-state index contributed by atoms with van der Waals surface area (Å²) in [5.74, 6) is 0.484. The maximum Gasteiger partial charge on any atom is 0.270 e. The van der Waals surface area contributed by atoms with Gasteiger partial charge in [0, 0.05) is 6.07 Å². The Morgan fingerprint density at radius 3 is 2.18 bits per heavy atom. The van der Waals surface area contributed by atoms with Gasteiger partial charge >= 0.3 is 0 Å². The molecule has 0 unspecified atom stereocenters. The van der Waals surface area contributed by atoms with Crippen LogP contribution in [0.4, 0.5) is 0 Å². The molecule has 1 heterocycles. The second-order valence-corrected chi connectivity index (χ2v) is 4.95. The Labute approximate surface area is 128 Å². The summed E-state index contributed by atoms with van der Waals surface area (Å²) in [7, 11) is 0. The third kappa shape index (κ3) is 3.61. The van der Waals surface area contributed by atoms with Crippen LogP contribution in [0.3, 0.4) is 0 Å². The van der Waals surface area contributed by atoms with Gasteiger partial charge in [0.25, 0.3) is 5.56 Å². The van der Waals surface area contributed by atoms with Crippen LogP contribution in [0, 0.1) is 0 Å². The van der Waals surface area contributed by atoms with E-state index < -0.39 is 0 Å². The van der Waals surface area contributed by atoms with Crippen molar-refractivity contribution in [3.8, 4) is 5.75 Å². The van der Waals surface area contributed by atoms with Crippen LogP contribution in [-0.2, 0) is 13.2 Å². The van der Waals surface area contributed by atoms with Gasteiger partial charge in [0.1, 0.15) is 12.4 Å². The van der Waals surface area contributed by atoms with Crippen LogP contribution in [0.25, 0.3) is 0 Å². The number of benzene rings is 2. The first kappa shape index (κ1) is 14.1. The molecular formula is C18H16N2O2. The molecule has 4 heteroatoms. The predicted octanol–water partition coefficient (Wildman–Crippen LogP) is 2.87. The SMILES string of the molecule is O=c1cc(OCc2ccccc2)cnn1Cc1ccccc1. The van der Waals surface area contributed by atoms with Gasteiger partial charge in [0.05, 0.1) is 12.7 Å². The summed E-state index contributed by atoms with van der Waals surface area (Å²) in [4.78, 5) is 12.1. The molecule has 0 radical (unpaired) electrons. The van der Waals surface area contributed by atoms with E-state index in [1.54, 1.807) is 6.20 Å². The summed E-state index contributed by atoms with van der Waals surface area (Å²) >= 11 is 0. The minimum Gasteiger partial charge on any atom is -0.487 e. The number of ether oxygens (including phenoxy) is 1. The van der Waals surface area contributed by atoms with Crippen LogP contribution in [0.5, 0.6) is 5.75 Å². The first-order valence-electron chi connectivity index (χ1n) is 7.09. The number of nitrogens with zero attached hydrogens (tertiary/aromatic N) is 2. The van der Waals surface area contributed by atoms with Crippen LogP contribution in [-0.4, -0.2) is 9.78 Å². The van der Waals surface area contributed by atoms with Gasteiger partial charge in [-0.15, -0.1) is 0 Å². The molecule has 0 saturated carbocycles. The lowest BCUT2D eigenvalue weighted by atomic mass is 10.2. The molecule has 0 aliphatic heterocycles. The normalized spacial score (nSPS) is 10.4. The lowest BCUT2D eigenvalue weighted by Crippen LogP contribution is -2.22. The standard InChI is InChI=1S/C18H16N2O2/c21-18-11-17(22-14-16-9-5-2-6-10-16)12-19-20(18)13-15-7-3-1-4-8-15/h1-12H,13-14H2. The Kier molecular flexibility index (Phi) is 4.30. The lowest BCUT2D eigenvalue weighted by Gasteiger charge is -2.08.